The van der Waals surface area contributed by atoms with Crippen molar-refractivity contribution in [3.05, 3.63) is 83.9 Å². The normalized spacial score (nSPS) is 12.2. The molecular formula is C24H24I2. The second-order valence-corrected chi connectivity index (χ2v) is 13.1. The molecule has 0 radical (unpaired) electrons. The highest BCUT2D eigenvalue weighted by atomic mass is 127. The quantitative estimate of drug-likeness (QED) is 0.220. The lowest BCUT2D eigenvalue weighted by molar-refractivity contribution is 0.827. The maximum Gasteiger partial charge on any atom is 0.0414 e. The highest BCUT2D eigenvalue weighted by molar-refractivity contribution is 14.1. The third-order valence-corrected chi connectivity index (χ3v) is 5.94. The maximum absolute atomic E-state index is 2.49. The van der Waals surface area contributed by atoms with Crippen LogP contribution in [0.15, 0.2) is 72.8 Å². The largest absolute Gasteiger partial charge is 0.0743 e. The molecule has 0 saturated heterocycles. The average molecular weight is 566 g/mol. The molecule has 0 aliphatic rings. The van der Waals surface area contributed by atoms with Gasteiger partial charge in [0, 0.05) is 6.84 Å². The average Bonchev–Trinajstić information content (AvgIpc) is 2.61. The van der Waals surface area contributed by atoms with E-state index in [9.17, 15) is 0 Å². The molecule has 0 saturated carbocycles. The van der Waals surface area contributed by atoms with Gasteiger partial charge in [-0.1, -0.05) is 118 Å². The smallest absolute Gasteiger partial charge is 0.0414 e. The summed E-state index contributed by atoms with van der Waals surface area (Å²) in [6.45, 7) is 8.95. The number of alkyl halides is 2. The number of benzene rings is 3. The molecule has 0 aromatic heterocycles. The first-order valence-corrected chi connectivity index (χ1v) is 11.0. The van der Waals surface area contributed by atoms with E-state index in [0.717, 1.165) is 0 Å². The van der Waals surface area contributed by atoms with Gasteiger partial charge < -0.3 is 0 Å². The molecule has 0 aliphatic carbocycles. The molecule has 0 amide bonds. The van der Waals surface area contributed by atoms with Gasteiger partial charge in [0.25, 0.3) is 0 Å². The minimum absolute atomic E-state index is 0.166. The van der Waals surface area contributed by atoms with E-state index in [4.69, 9.17) is 0 Å². The Bertz CT molecular complexity index is 783. The van der Waals surface area contributed by atoms with Crippen molar-refractivity contribution in [3.63, 3.8) is 0 Å². The van der Waals surface area contributed by atoms with Crippen LogP contribution in [0, 0.1) is 0 Å². The fraction of sp³-hybridized carbons (Fsp3) is 0.250. The molecule has 3 aromatic rings. The summed E-state index contributed by atoms with van der Waals surface area (Å²) < 4.78 is 0.331. The minimum Gasteiger partial charge on any atom is -0.0743 e. The van der Waals surface area contributed by atoms with Crippen molar-refractivity contribution in [3.8, 4) is 22.3 Å². The number of hydrogen-bond donors (Lipinski definition) is 0. The molecule has 26 heavy (non-hydrogen) atoms. The predicted molar refractivity (Wildman–Crippen MR) is 131 cm³/mol. The molecule has 0 unspecified atom stereocenters. The zero-order chi connectivity index (χ0) is 18.9. The fourth-order valence-electron chi connectivity index (χ4n) is 2.97. The number of hydrogen-bond acceptors (Lipinski definition) is 0. The Labute approximate surface area is 184 Å². The first kappa shape index (κ1) is 19.9. The summed E-state index contributed by atoms with van der Waals surface area (Å²) in [6, 6.07) is 26.7. The molecule has 0 heterocycles. The van der Waals surface area contributed by atoms with Crippen LogP contribution in [-0.2, 0) is 6.84 Å². The summed E-state index contributed by atoms with van der Waals surface area (Å²) >= 11 is 4.97. The lowest BCUT2D eigenvalue weighted by Crippen LogP contribution is -2.05. The summed E-state index contributed by atoms with van der Waals surface area (Å²) in [6.07, 6.45) is 0. The topological polar surface area (TPSA) is 0 Å². The van der Waals surface area contributed by atoms with E-state index in [0.29, 0.717) is 0 Å². The van der Waals surface area contributed by atoms with Crippen LogP contribution in [-0.4, -0.2) is 0 Å². The molecule has 0 spiro atoms. The van der Waals surface area contributed by atoms with E-state index >= 15 is 0 Å². The third-order valence-electron chi connectivity index (χ3n) is 4.69. The van der Waals surface area contributed by atoms with Crippen LogP contribution in [0.4, 0.5) is 0 Å². The van der Waals surface area contributed by atoms with Gasteiger partial charge in [0.05, 0.1) is 0 Å². The molecule has 0 atom stereocenters. The van der Waals surface area contributed by atoms with E-state index in [1.165, 1.54) is 33.4 Å². The highest BCUT2D eigenvalue weighted by Crippen LogP contribution is 2.34. The van der Waals surface area contributed by atoms with Crippen molar-refractivity contribution in [2.45, 2.75) is 34.5 Å². The van der Waals surface area contributed by atoms with Crippen molar-refractivity contribution in [2.24, 2.45) is 0 Å². The monoisotopic (exact) mass is 566 g/mol. The first-order valence-electron chi connectivity index (χ1n) is 8.84. The Morgan fingerprint density at radius 3 is 0.808 bits per heavy atom. The molecular weight excluding hydrogens is 542 g/mol. The van der Waals surface area contributed by atoms with Gasteiger partial charge in [-0.2, -0.15) is 0 Å². The predicted octanol–water partition coefficient (Wildman–Crippen LogP) is 8.36. The van der Waals surface area contributed by atoms with Crippen molar-refractivity contribution < 1.29 is 0 Å². The SMILES string of the molecule is CC(C)(I)c1ccc(-c2ccc(-c3ccc(C(C)(C)I)cc3)cc2)cc1. The zero-order valence-corrected chi connectivity index (χ0v) is 20.0. The summed E-state index contributed by atoms with van der Waals surface area (Å²) in [7, 11) is 0. The Balaban J connectivity index is 1.82. The molecule has 2 heteroatoms. The third kappa shape index (κ3) is 4.69. The lowest BCUT2D eigenvalue weighted by atomic mass is 9.96. The number of rotatable bonds is 4. The van der Waals surface area contributed by atoms with E-state index in [2.05, 4.69) is 146 Å². The van der Waals surface area contributed by atoms with E-state index in [-0.39, 0.29) is 6.84 Å². The molecule has 0 bridgehead atoms. The second kappa shape index (κ2) is 7.63. The van der Waals surface area contributed by atoms with Crippen molar-refractivity contribution >= 4 is 45.2 Å². The van der Waals surface area contributed by atoms with Gasteiger partial charge >= 0.3 is 0 Å². The molecule has 134 valence electrons. The van der Waals surface area contributed by atoms with E-state index < -0.39 is 0 Å². The van der Waals surface area contributed by atoms with Crippen LogP contribution in [0.3, 0.4) is 0 Å². The van der Waals surface area contributed by atoms with Crippen molar-refractivity contribution in [2.75, 3.05) is 0 Å². The van der Waals surface area contributed by atoms with Gasteiger partial charge in [-0.25, -0.2) is 0 Å². The van der Waals surface area contributed by atoms with Crippen LogP contribution < -0.4 is 0 Å². The van der Waals surface area contributed by atoms with Gasteiger partial charge in [-0.15, -0.1) is 0 Å². The van der Waals surface area contributed by atoms with Crippen LogP contribution in [0.2, 0.25) is 0 Å². The van der Waals surface area contributed by atoms with Gasteiger partial charge in [0.1, 0.15) is 0 Å². The molecule has 3 rings (SSSR count). The zero-order valence-electron chi connectivity index (χ0n) is 15.7. The fourth-order valence-corrected chi connectivity index (χ4v) is 3.69. The summed E-state index contributed by atoms with van der Waals surface area (Å²) in [4.78, 5) is 0. The summed E-state index contributed by atoms with van der Waals surface area (Å²) in [5.74, 6) is 0. The van der Waals surface area contributed by atoms with E-state index in [1.807, 2.05) is 0 Å². The number of halogens is 2. The van der Waals surface area contributed by atoms with Crippen molar-refractivity contribution in [1.82, 2.24) is 0 Å². The Hall–Kier alpha value is -0.880. The molecule has 0 nitrogen and oxygen atoms in total. The second-order valence-electron chi connectivity index (χ2n) is 7.68. The molecule has 0 aliphatic heterocycles. The van der Waals surface area contributed by atoms with Gasteiger partial charge in [-0.05, 0) is 61.1 Å². The van der Waals surface area contributed by atoms with Crippen LogP contribution in [0.1, 0.15) is 38.8 Å². The minimum atomic E-state index is 0.166. The summed E-state index contributed by atoms with van der Waals surface area (Å²) in [5.41, 5.74) is 7.77. The lowest BCUT2D eigenvalue weighted by Gasteiger charge is -2.17. The maximum atomic E-state index is 2.49. The Morgan fingerprint density at radius 1 is 0.423 bits per heavy atom. The Kier molecular flexibility index (Phi) is 5.83. The van der Waals surface area contributed by atoms with Gasteiger partial charge in [-0.3, -0.25) is 0 Å². The first-order chi connectivity index (χ1) is 12.1. The Morgan fingerprint density at radius 2 is 0.615 bits per heavy atom. The standard InChI is InChI=1S/C24H24I2/c1-23(2,25)21-13-9-19(10-14-21)17-5-7-18(8-6-17)20-11-15-22(16-12-20)24(3,4)26/h5-16H,1-4H3. The highest BCUT2D eigenvalue weighted by Gasteiger charge is 2.16. The summed E-state index contributed by atoms with van der Waals surface area (Å²) in [5, 5.41) is 0. The molecule has 0 fully saturated rings. The van der Waals surface area contributed by atoms with E-state index in [1.54, 1.807) is 0 Å². The van der Waals surface area contributed by atoms with Gasteiger partial charge in [0.15, 0.2) is 0 Å². The van der Waals surface area contributed by atoms with Crippen LogP contribution in [0.5, 0.6) is 0 Å². The van der Waals surface area contributed by atoms with Gasteiger partial charge in [0.2, 0.25) is 0 Å². The molecule has 0 N–H and O–H groups in total. The van der Waals surface area contributed by atoms with Crippen molar-refractivity contribution in [1.29, 1.82) is 0 Å². The van der Waals surface area contributed by atoms with Crippen LogP contribution in [0.25, 0.3) is 22.3 Å². The molecule has 3 aromatic carbocycles. The van der Waals surface area contributed by atoms with Crippen LogP contribution >= 0.6 is 45.2 Å².